The Hall–Kier alpha value is -1.36. The summed E-state index contributed by atoms with van der Waals surface area (Å²) in [7, 11) is 0. The van der Waals surface area contributed by atoms with Crippen LogP contribution in [0.1, 0.15) is 18.5 Å². The van der Waals surface area contributed by atoms with Gasteiger partial charge in [0, 0.05) is 22.2 Å². The Kier molecular flexibility index (Phi) is 3.31. The molecule has 2 aromatic rings. The lowest BCUT2D eigenvalue weighted by Gasteiger charge is -2.24. The molecule has 0 amide bonds. The predicted octanol–water partition coefficient (Wildman–Crippen LogP) is 3.63. The summed E-state index contributed by atoms with van der Waals surface area (Å²) in [6, 6.07) is 13.4. The summed E-state index contributed by atoms with van der Waals surface area (Å²) in [6.45, 7) is 1.96. The highest BCUT2D eigenvalue weighted by Crippen LogP contribution is 2.39. The van der Waals surface area contributed by atoms with Crippen molar-refractivity contribution in [1.29, 1.82) is 0 Å². The van der Waals surface area contributed by atoms with Crippen LogP contribution < -0.4 is 8.91 Å². The molecule has 0 bridgehead atoms. The first-order valence-electron chi connectivity index (χ1n) is 5.90. The van der Waals surface area contributed by atoms with E-state index in [2.05, 4.69) is 4.72 Å². The van der Waals surface area contributed by atoms with Gasteiger partial charge in [0.25, 0.3) is 11.3 Å². The molecule has 98 valence electrons. The Bertz CT molecular complexity index is 642. The van der Waals surface area contributed by atoms with E-state index in [4.69, 9.17) is 15.8 Å². The van der Waals surface area contributed by atoms with Gasteiger partial charge in [-0.25, -0.2) is 0 Å². The van der Waals surface area contributed by atoms with E-state index in [-0.39, 0.29) is 6.04 Å². The molecule has 2 atom stereocenters. The molecule has 0 radical (unpaired) electrons. The molecule has 1 aliphatic heterocycles. The van der Waals surface area contributed by atoms with E-state index >= 15 is 0 Å². The first kappa shape index (κ1) is 12.7. The summed E-state index contributed by atoms with van der Waals surface area (Å²) >= 11 is 4.40. The van der Waals surface area contributed by atoms with Crippen molar-refractivity contribution < 1.29 is 8.39 Å². The van der Waals surface area contributed by atoms with Gasteiger partial charge in [0.05, 0.1) is 0 Å². The molecular formula is C14H12ClNO2S. The van der Waals surface area contributed by atoms with Crippen LogP contribution in [0.3, 0.4) is 0 Å². The quantitative estimate of drug-likeness (QED) is 0.872. The zero-order valence-electron chi connectivity index (χ0n) is 10.2. The standard InChI is InChI=1S/C14H12ClNO2S/c1-9-12-3-2-4-13(14(12)18-19(17)16-9)10-5-7-11(15)8-6-10/h2-9,16H,1H3. The van der Waals surface area contributed by atoms with Crippen LogP contribution in [-0.4, -0.2) is 4.21 Å². The van der Waals surface area contributed by atoms with Crippen LogP contribution in [-0.2, 0) is 11.3 Å². The normalized spacial score (nSPS) is 21.6. The number of rotatable bonds is 1. The van der Waals surface area contributed by atoms with Crippen LogP contribution >= 0.6 is 11.6 Å². The highest BCUT2D eigenvalue weighted by atomic mass is 35.5. The molecule has 0 spiro atoms. The first-order chi connectivity index (χ1) is 9.15. The van der Waals surface area contributed by atoms with Gasteiger partial charge in [0.2, 0.25) is 0 Å². The third-order valence-electron chi connectivity index (χ3n) is 3.10. The van der Waals surface area contributed by atoms with E-state index in [9.17, 15) is 4.21 Å². The Morgan fingerprint density at radius 1 is 1.21 bits per heavy atom. The second-order valence-electron chi connectivity index (χ2n) is 4.39. The molecule has 0 aromatic heterocycles. The molecule has 0 saturated carbocycles. The summed E-state index contributed by atoms with van der Waals surface area (Å²) in [5.74, 6) is 0.675. The Morgan fingerprint density at radius 3 is 2.68 bits per heavy atom. The van der Waals surface area contributed by atoms with Crippen molar-refractivity contribution in [2.75, 3.05) is 0 Å². The second kappa shape index (κ2) is 4.96. The van der Waals surface area contributed by atoms with Gasteiger partial charge < -0.3 is 4.18 Å². The van der Waals surface area contributed by atoms with Crippen molar-refractivity contribution in [3.05, 3.63) is 53.1 Å². The molecule has 1 aliphatic rings. The second-order valence-corrected chi connectivity index (χ2v) is 5.70. The maximum Gasteiger partial charge on any atom is 0.288 e. The zero-order valence-corrected chi connectivity index (χ0v) is 11.8. The fourth-order valence-corrected chi connectivity index (χ4v) is 3.08. The van der Waals surface area contributed by atoms with E-state index in [0.717, 1.165) is 16.7 Å². The lowest BCUT2D eigenvalue weighted by atomic mass is 9.98. The van der Waals surface area contributed by atoms with Crippen LogP contribution in [0.15, 0.2) is 42.5 Å². The molecule has 0 aliphatic carbocycles. The smallest absolute Gasteiger partial charge is 0.288 e. The lowest BCUT2D eigenvalue weighted by Crippen LogP contribution is -2.30. The fraction of sp³-hybridized carbons (Fsp3) is 0.143. The summed E-state index contributed by atoms with van der Waals surface area (Å²) in [5.41, 5.74) is 2.93. The van der Waals surface area contributed by atoms with Crippen molar-refractivity contribution in [2.24, 2.45) is 0 Å². The van der Waals surface area contributed by atoms with Crippen molar-refractivity contribution in [2.45, 2.75) is 13.0 Å². The topological polar surface area (TPSA) is 38.3 Å². The Labute approximate surface area is 119 Å². The van der Waals surface area contributed by atoms with Gasteiger partial charge in [-0.2, -0.15) is 8.93 Å². The molecule has 2 aromatic carbocycles. The number of hydrogen-bond donors (Lipinski definition) is 1. The molecular weight excluding hydrogens is 282 g/mol. The minimum Gasteiger partial charge on any atom is -0.388 e. The van der Waals surface area contributed by atoms with Gasteiger partial charge in [-0.1, -0.05) is 41.9 Å². The van der Waals surface area contributed by atoms with Crippen molar-refractivity contribution >= 4 is 22.9 Å². The van der Waals surface area contributed by atoms with E-state index in [1.807, 2.05) is 49.4 Å². The molecule has 0 saturated heterocycles. The van der Waals surface area contributed by atoms with Gasteiger partial charge >= 0.3 is 0 Å². The SMILES string of the molecule is CC1NS(=O)Oc2c(-c3ccc(Cl)cc3)cccc21. The number of benzene rings is 2. The van der Waals surface area contributed by atoms with Gasteiger partial charge in [0.1, 0.15) is 0 Å². The molecule has 1 heterocycles. The third-order valence-corrected chi connectivity index (χ3v) is 4.22. The number of halogens is 1. The largest absolute Gasteiger partial charge is 0.388 e. The van der Waals surface area contributed by atoms with Gasteiger partial charge in [-0.05, 0) is 24.6 Å². The predicted molar refractivity (Wildman–Crippen MR) is 77.2 cm³/mol. The maximum absolute atomic E-state index is 11.6. The molecule has 3 nitrogen and oxygen atoms in total. The number of hydrogen-bond acceptors (Lipinski definition) is 2. The molecule has 3 rings (SSSR count). The molecule has 19 heavy (non-hydrogen) atoms. The fourth-order valence-electron chi connectivity index (χ4n) is 2.15. The van der Waals surface area contributed by atoms with Crippen molar-refractivity contribution in [1.82, 2.24) is 4.72 Å². The average molecular weight is 294 g/mol. The van der Waals surface area contributed by atoms with Gasteiger partial charge in [-0.3, -0.25) is 0 Å². The number of para-hydroxylation sites is 1. The molecule has 2 unspecified atom stereocenters. The molecule has 5 heteroatoms. The highest BCUT2D eigenvalue weighted by molar-refractivity contribution is 7.78. The van der Waals surface area contributed by atoms with Gasteiger partial charge in [-0.15, -0.1) is 0 Å². The number of nitrogens with one attached hydrogen (secondary N) is 1. The number of fused-ring (bicyclic) bond motifs is 1. The molecule has 1 N–H and O–H groups in total. The van der Waals surface area contributed by atoms with Crippen LogP contribution in [0, 0.1) is 0 Å². The Balaban J connectivity index is 2.15. The summed E-state index contributed by atoms with van der Waals surface area (Å²) in [5, 5.41) is 0.688. The monoisotopic (exact) mass is 293 g/mol. The van der Waals surface area contributed by atoms with Crippen molar-refractivity contribution in [3.63, 3.8) is 0 Å². The molecule has 0 fully saturated rings. The Morgan fingerprint density at radius 2 is 1.95 bits per heavy atom. The van der Waals surface area contributed by atoms with Crippen LogP contribution in [0.2, 0.25) is 5.02 Å². The van der Waals surface area contributed by atoms with Crippen molar-refractivity contribution in [3.8, 4) is 16.9 Å². The summed E-state index contributed by atoms with van der Waals surface area (Å²) in [4.78, 5) is 0. The highest BCUT2D eigenvalue weighted by Gasteiger charge is 2.24. The lowest BCUT2D eigenvalue weighted by molar-refractivity contribution is 0.501. The summed E-state index contributed by atoms with van der Waals surface area (Å²) in [6.07, 6.45) is 0. The van der Waals surface area contributed by atoms with E-state index in [1.54, 1.807) is 0 Å². The first-order valence-corrected chi connectivity index (χ1v) is 7.35. The van der Waals surface area contributed by atoms with E-state index in [1.165, 1.54) is 0 Å². The average Bonchev–Trinajstić information content (AvgIpc) is 2.39. The van der Waals surface area contributed by atoms with Gasteiger partial charge in [0.15, 0.2) is 5.75 Å². The van der Waals surface area contributed by atoms with E-state index < -0.39 is 11.3 Å². The third kappa shape index (κ3) is 2.39. The maximum atomic E-state index is 11.6. The van der Waals surface area contributed by atoms with Crippen LogP contribution in [0.25, 0.3) is 11.1 Å². The van der Waals surface area contributed by atoms with Crippen LogP contribution in [0.4, 0.5) is 0 Å². The summed E-state index contributed by atoms with van der Waals surface area (Å²) < 4.78 is 19.9. The minimum absolute atomic E-state index is 0.00293. The minimum atomic E-state index is -1.50. The zero-order chi connectivity index (χ0) is 13.4. The van der Waals surface area contributed by atoms with E-state index in [0.29, 0.717) is 10.8 Å². The van der Waals surface area contributed by atoms with Crippen LogP contribution in [0.5, 0.6) is 5.75 Å².